The van der Waals surface area contributed by atoms with Gasteiger partial charge >= 0.3 is 0 Å². The van der Waals surface area contributed by atoms with Gasteiger partial charge in [0, 0.05) is 28.7 Å². The quantitative estimate of drug-likeness (QED) is 0.714. The van der Waals surface area contributed by atoms with Gasteiger partial charge in [-0.3, -0.25) is 4.79 Å². The van der Waals surface area contributed by atoms with Crippen molar-refractivity contribution < 1.29 is 4.79 Å². The maximum atomic E-state index is 11.1. The number of aryl methyl sites for hydroxylation is 1. The van der Waals surface area contributed by atoms with Crippen molar-refractivity contribution in [1.29, 1.82) is 0 Å². The summed E-state index contributed by atoms with van der Waals surface area (Å²) in [5.74, 6) is 0. The lowest BCUT2D eigenvalue weighted by Gasteiger charge is -2.00. The van der Waals surface area contributed by atoms with Crippen LogP contribution >= 0.6 is 11.6 Å². The SMILES string of the molecule is CCc1c(C=O)c2ccc(Cl)cc2n1C. The molecule has 0 aliphatic rings. The Bertz CT molecular complexity index is 528. The lowest BCUT2D eigenvalue weighted by Crippen LogP contribution is -1.96. The minimum Gasteiger partial charge on any atom is -0.347 e. The number of carbonyl (C=O) groups is 1. The average Bonchev–Trinajstić information content (AvgIpc) is 2.51. The molecule has 0 bridgehead atoms. The smallest absolute Gasteiger partial charge is 0.152 e. The van der Waals surface area contributed by atoms with Crippen molar-refractivity contribution in [2.45, 2.75) is 13.3 Å². The predicted molar refractivity (Wildman–Crippen MR) is 62.7 cm³/mol. The number of halogens is 1. The second kappa shape index (κ2) is 3.70. The largest absolute Gasteiger partial charge is 0.347 e. The number of hydrogen-bond donors (Lipinski definition) is 0. The first-order valence-corrected chi connectivity index (χ1v) is 5.28. The zero-order valence-corrected chi connectivity index (χ0v) is 9.51. The van der Waals surface area contributed by atoms with Gasteiger partial charge < -0.3 is 4.57 Å². The second-order valence-corrected chi connectivity index (χ2v) is 3.99. The molecule has 0 atom stereocenters. The molecule has 0 spiro atoms. The molecule has 0 aliphatic carbocycles. The fraction of sp³-hybridized carbons (Fsp3) is 0.250. The summed E-state index contributed by atoms with van der Waals surface area (Å²) in [6.07, 6.45) is 1.77. The van der Waals surface area contributed by atoms with Crippen LogP contribution in [0, 0.1) is 0 Å². The molecule has 0 saturated heterocycles. The van der Waals surface area contributed by atoms with E-state index in [4.69, 9.17) is 11.6 Å². The van der Waals surface area contributed by atoms with E-state index in [1.54, 1.807) is 0 Å². The Morgan fingerprint density at radius 2 is 2.20 bits per heavy atom. The number of aldehydes is 1. The van der Waals surface area contributed by atoms with Crippen LogP contribution in [0.15, 0.2) is 18.2 Å². The van der Waals surface area contributed by atoms with Crippen molar-refractivity contribution in [2.75, 3.05) is 0 Å². The fourth-order valence-electron chi connectivity index (χ4n) is 2.05. The molecule has 1 aromatic carbocycles. The van der Waals surface area contributed by atoms with Crippen LogP contribution in [-0.2, 0) is 13.5 Å². The monoisotopic (exact) mass is 221 g/mol. The highest BCUT2D eigenvalue weighted by Crippen LogP contribution is 2.26. The first-order valence-electron chi connectivity index (χ1n) is 4.91. The molecule has 0 radical (unpaired) electrons. The molecule has 1 heterocycles. The van der Waals surface area contributed by atoms with E-state index in [-0.39, 0.29) is 0 Å². The van der Waals surface area contributed by atoms with Gasteiger partial charge in [-0.05, 0) is 18.6 Å². The summed E-state index contributed by atoms with van der Waals surface area (Å²) in [7, 11) is 1.96. The molecule has 0 N–H and O–H groups in total. The van der Waals surface area contributed by atoms with Crippen LogP contribution in [0.3, 0.4) is 0 Å². The van der Waals surface area contributed by atoms with E-state index in [0.717, 1.165) is 34.9 Å². The third-order valence-electron chi connectivity index (χ3n) is 2.78. The van der Waals surface area contributed by atoms with Crippen LogP contribution < -0.4 is 0 Å². The first-order chi connectivity index (χ1) is 7.19. The summed E-state index contributed by atoms with van der Waals surface area (Å²) in [5, 5.41) is 1.68. The number of carbonyl (C=O) groups excluding carboxylic acids is 1. The first kappa shape index (κ1) is 10.2. The van der Waals surface area contributed by atoms with E-state index in [1.165, 1.54) is 0 Å². The van der Waals surface area contributed by atoms with E-state index in [0.29, 0.717) is 5.02 Å². The summed E-state index contributed by atoms with van der Waals surface area (Å²) in [5.41, 5.74) is 2.86. The Hall–Kier alpha value is -1.28. The van der Waals surface area contributed by atoms with Crippen LogP contribution in [0.4, 0.5) is 0 Å². The van der Waals surface area contributed by atoms with Crippen molar-refractivity contribution in [3.63, 3.8) is 0 Å². The van der Waals surface area contributed by atoms with Crippen LogP contribution in [0.5, 0.6) is 0 Å². The van der Waals surface area contributed by atoms with Gasteiger partial charge in [-0.25, -0.2) is 0 Å². The molecule has 0 amide bonds. The van der Waals surface area contributed by atoms with Crippen molar-refractivity contribution in [3.05, 3.63) is 34.5 Å². The Morgan fingerprint density at radius 1 is 1.47 bits per heavy atom. The summed E-state index contributed by atoms with van der Waals surface area (Å²) < 4.78 is 2.03. The van der Waals surface area contributed by atoms with Gasteiger partial charge in [0.15, 0.2) is 6.29 Å². The molecule has 0 unspecified atom stereocenters. The van der Waals surface area contributed by atoms with E-state index < -0.39 is 0 Å². The van der Waals surface area contributed by atoms with Gasteiger partial charge in [0.25, 0.3) is 0 Å². The second-order valence-electron chi connectivity index (χ2n) is 3.55. The number of hydrogen-bond acceptors (Lipinski definition) is 1. The van der Waals surface area contributed by atoms with Gasteiger partial charge in [0.2, 0.25) is 0 Å². The predicted octanol–water partition coefficient (Wildman–Crippen LogP) is 3.21. The third kappa shape index (κ3) is 1.45. The van der Waals surface area contributed by atoms with Crippen LogP contribution in [0.2, 0.25) is 5.02 Å². The van der Waals surface area contributed by atoms with Crippen molar-refractivity contribution in [3.8, 4) is 0 Å². The number of nitrogens with zero attached hydrogens (tertiary/aromatic N) is 1. The highest BCUT2D eigenvalue weighted by atomic mass is 35.5. The maximum absolute atomic E-state index is 11.1. The summed E-state index contributed by atoms with van der Waals surface area (Å²) in [6, 6.07) is 5.61. The van der Waals surface area contributed by atoms with Gasteiger partial charge in [-0.1, -0.05) is 24.6 Å². The van der Waals surface area contributed by atoms with Gasteiger partial charge in [-0.15, -0.1) is 0 Å². The molecule has 2 nitrogen and oxygen atoms in total. The molecular formula is C12H12ClNO. The molecular weight excluding hydrogens is 210 g/mol. The highest BCUT2D eigenvalue weighted by Gasteiger charge is 2.12. The van der Waals surface area contributed by atoms with Gasteiger partial charge in [-0.2, -0.15) is 0 Å². The zero-order valence-electron chi connectivity index (χ0n) is 8.75. The summed E-state index contributed by atoms with van der Waals surface area (Å²) in [6.45, 7) is 2.04. The van der Waals surface area contributed by atoms with Crippen LogP contribution in [0.1, 0.15) is 23.0 Å². The summed E-state index contributed by atoms with van der Waals surface area (Å²) in [4.78, 5) is 11.1. The Morgan fingerprint density at radius 3 is 2.80 bits per heavy atom. The van der Waals surface area contributed by atoms with Crippen LogP contribution in [-0.4, -0.2) is 10.9 Å². The zero-order chi connectivity index (χ0) is 11.0. The number of rotatable bonds is 2. The van der Waals surface area contributed by atoms with Crippen molar-refractivity contribution in [1.82, 2.24) is 4.57 Å². The molecule has 15 heavy (non-hydrogen) atoms. The van der Waals surface area contributed by atoms with Crippen LogP contribution in [0.25, 0.3) is 10.9 Å². The fourth-order valence-corrected chi connectivity index (χ4v) is 2.22. The van der Waals surface area contributed by atoms with Gasteiger partial charge in [0.05, 0.1) is 5.52 Å². The Labute approximate surface area is 93.5 Å². The molecule has 0 fully saturated rings. The topological polar surface area (TPSA) is 22.0 Å². The summed E-state index contributed by atoms with van der Waals surface area (Å²) >= 11 is 5.94. The van der Waals surface area contributed by atoms with Crippen molar-refractivity contribution >= 4 is 28.8 Å². The van der Waals surface area contributed by atoms with Crippen molar-refractivity contribution in [2.24, 2.45) is 7.05 Å². The lowest BCUT2D eigenvalue weighted by molar-refractivity contribution is 0.112. The average molecular weight is 222 g/mol. The number of benzene rings is 1. The molecule has 78 valence electrons. The molecule has 0 saturated carbocycles. The molecule has 2 aromatic rings. The Balaban J connectivity index is 2.90. The van der Waals surface area contributed by atoms with E-state index in [9.17, 15) is 4.79 Å². The third-order valence-corrected chi connectivity index (χ3v) is 3.01. The van der Waals surface area contributed by atoms with E-state index >= 15 is 0 Å². The highest BCUT2D eigenvalue weighted by molar-refractivity contribution is 6.31. The maximum Gasteiger partial charge on any atom is 0.152 e. The standard InChI is InChI=1S/C12H12ClNO/c1-3-11-10(7-15)9-5-4-8(13)6-12(9)14(11)2/h4-7H,3H2,1-2H3. The molecule has 0 aliphatic heterocycles. The minimum absolute atomic E-state index is 0.697. The molecule has 3 heteroatoms. The van der Waals surface area contributed by atoms with E-state index in [2.05, 4.69) is 0 Å². The minimum atomic E-state index is 0.697. The van der Waals surface area contributed by atoms with E-state index in [1.807, 2.05) is 36.7 Å². The molecule has 2 rings (SSSR count). The molecule has 1 aromatic heterocycles. The Kier molecular flexibility index (Phi) is 2.53. The van der Waals surface area contributed by atoms with Gasteiger partial charge in [0.1, 0.15) is 0 Å². The lowest BCUT2D eigenvalue weighted by atomic mass is 10.1. The normalized spacial score (nSPS) is 10.9. The number of fused-ring (bicyclic) bond motifs is 1. The number of aromatic nitrogens is 1.